The molecule has 37 heavy (non-hydrogen) atoms. The Morgan fingerprint density at radius 1 is 1.19 bits per heavy atom. The number of aromatic nitrogens is 1. The highest BCUT2D eigenvalue weighted by molar-refractivity contribution is 7.89. The molecule has 0 spiro atoms. The molecule has 3 heterocycles. The Balaban J connectivity index is 1.49. The van der Waals surface area contributed by atoms with Gasteiger partial charge in [0.05, 0.1) is 41.6 Å². The summed E-state index contributed by atoms with van der Waals surface area (Å²) in [6.07, 6.45) is 2.54. The van der Waals surface area contributed by atoms with Crippen molar-refractivity contribution in [3.05, 3.63) is 66.6 Å². The molecule has 1 saturated heterocycles. The van der Waals surface area contributed by atoms with E-state index in [1.165, 1.54) is 39.8 Å². The fourth-order valence-corrected chi connectivity index (χ4v) is 7.05. The third-order valence-corrected chi connectivity index (χ3v) is 9.17. The molecule has 0 saturated carbocycles. The molecule has 1 amide bonds. The van der Waals surface area contributed by atoms with Gasteiger partial charge < -0.3 is 13.9 Å². The number of carbonyl (C=O) groups is 1. The smallest absolute Gasteiger partial charge is 0.247 e. The molecular formula is C26H27N3O6S2. The summed E-state index contributed by atoms with van der Waals surface area (Å²) in [6, 6.07) is 14.5. The number of furan rings is 1. The fourth-order valence-electron chi connectivity index (χ4n) is 4.40. The minimum absolute atomic E-state index is 0.119. The van der Waals surface area contributed by atoms with Crippen LogP contribution in [-0.2, 0) is 21.4 Å². The van der Waals surface area contributed by atoms with E-state index in [1.54, 1.807) is 30.5 Å². The Labute approximate surface area is 219 Å². The first-order valence-electron chi connectivity index (χ1n) is 11.9. The summed E-state index contributed by atoms with van der Waals surface area (Å²) >= 11 is 1.35. The van der Waals surface area contributed by atoms with E-state index in [0.29, 0.717) is 36.1 Å². The molecule has 1 fully saturated rings. The Morgan fingerprint density at radius 3 is 2.68 bits per heavy atom. The number of hydrogen-bond donors (Lipinski definition) is 0. The Morgan fingerprint density at radius 2 is 1.97 bits per heavy atom. The number of hydrogen-bond acceptors (Lipinski definition) is 8. The highest BCUT2D eigenvalue weighted by Crippen LogP contribution is 2.35. The van der Waals surface area contributed by atoms with Crippen LogP contribution >= 0.6 is 11.3 Å². The monoisotopic (exact) mass is 541 g/mol. The summed E-state index contributed by atoms with van der Waals surface area (Å²) in [5, 5.41) is 0.471. The van der Waals surface area contributed by atoms with Crippen molar-refractivity contribution in [2.24, 2.45) is 0 Å². The number of rotatable bonds is 9. The molecule has 2 aromatic carbocycles. The van der Waals surface area contributed by atoms with E-state index < -0.39 is 16.1 Å². The molecule has 1 unspecified atom stereocenters. The molecule has 0 radical (unpaired) electrons. The van der Waals surface area contributed by atoms with Gasteiger partial charge in [0.25, 0.3) is 0 Å². The molecule has 9 nitrogen and oxygen atoms in total. The van der Waals surface area contributed by atoms with Crippen molar-refractivity contribution in [2.75, 3.05) is 25.2 Å². The predicted molar refractivity (Wildman–Crippen MR) is 141 cm³/mol. The second kappa shape index (κ2) is 10.5. The van der Waals surface area contributed by atoms with Crippen LogP contribution in [0.4, 0.5) is 5.13 Å². The van der Waals surface area contributed by atoms with Crippen LogP contribution in [0.15, 0.2) is 70.2 Å². The van der Waals surface area contributed by atoms with Crippen molar-refractivity contribution in [1.29, 1.82) is 0 Å². The normalized spacial score (nSPS) is 16.2. The lowest BCUT2D eigenvalue weighted by Crippen LogP contribution is -2.47. The third-order valence-electron chi connectivity index (χ3n) is 6.21. The summed E-state index contributed by atoms with van der Waals surface area (Å²) in [6.45, 7) is 2.85. The number of fused-ring (bicyclic) bond motifs is 1. The molecule has 0 N–H and O–H groups in total. The zero-order valence-corrected chi connectivity index (χ0v) is 22.1. The van der Waals surface area contributed by atoms with E-state index in [-0.39, 0.29) is 23.9 Å². The zero-order valence-electron chi connectivity index (χ0n) is 20.5. The van der Waals surface area contributed by atoms with Gasteiger partial charge >= 0.3 is 0 Å². The van der Waals surface area contributed by atoms with Crippen LogP contribution in [0.2, 0.25) is 0 Å². The van der Waals surface area contributed by atoms with Crippen LogP contribution in [0.25, 0.3) is 10.2 Å². The first-order valence-corrected chi connectivity index (χ1v) is 14.2. The number of anilines is 1. The van der Waals surface area contributed by atoms with Crippen LogP contribution in [-0.4, -0.2) is 49.9 Å². The Hall–Kier alpha value is -3.41. The Bertz CT molecular complexity index is 1480. The highest BCUT2D eigenvalue weighted by atomic mass is 32.2. The molecule has 5 rings (SSSR count). The summed E-state index contributed by atoms with van der Waals surface area (Å²) in [7, 11) is -2.38. The molecular weight excluding hydrogens is 514 g/mol. The molecule has 194 valence electrons. The number of benzene rings is 2. The minimum atomic E-state index is -3.90. The summed E-state index contributed by atoms with van der Waals surface area (Å²) in [5.41, 5.74) is 0.731. The lowest BCUT2D eigenvalue weighted by molar-refractivity contribution is -0.121. The van der Waals surface area contributed by atoms with Crippen LogP contribution in [0.1, 0.15) is 25.5 Å². The van der Waals surface area contributed by atoms with Gasteiger partial charge in [-0.05, 0) is 74.4 Å². The summed E-state index contributed by atoms with van der Waals surface area (Å²) in [5.74, 6) is 1.52. The molecule has 0 aliphatic carbocycles. The molecule has 11 heteroatoms. The van der Waals surface area contributed by atoms with Crippen molar-refractivity contribution >= 4 is 42.6 Å². The maximum atomic E-state index is 14.0. The second-order valence-corrected chi connectivity index (χ2v) is 11.4. The maximum absolute atomic E-state index is 14.0. The average Bonchev–Trinajstić information content (AvgIpc) is 3.68. The van der Waals surface area contributed by atoms with Crippen molar-refractivity contribution in [2.45, 2.75) is 37.2 Å². The number of carbonyl (C=O) groups excluding carboxylic acids is 1. The molecule has 1 aliphatic heterocycles. The molecule has 1 aliphatic rings. The average molecular weight is 542 g/mol. The molecule has 1 atom stereocenters. The number of nitrogens with zero attached hydrogens (tertiary/aromatic N) is 3. The fraction of sp³-hybridized carbons (Fsp3) is 0.308. The SMILES string of the molecule is CCOc1ccc2nc(N(Cc3ccco3)C(=O)C3CCCN3S(=O)(=O)c3ccc(OC)cc3)sc2c1. The summed E-state index contributed by atoms with van der Waals surface area (Å²) < 4.78 is 45.5. The zero-order chi connectivity index (χ0) is 26.0. The number of methoxy groups -OCH3 is 1. The number of ether oxygens (including phenoxy) is 2. The molecule has 2 aromatic heterocycles. The van der Waals surface area contributed by atoms with Gasteiger partial charge in [-0.3, -0.25) is 9.69 Å². The molecule has 0 bridgehead atoms. The van der Waals surface area contributed by atoms with E-state index >= 15 is 0 Å². The van der Waals surface area contributed by atoms with Gasteiger partial charge in [-0.2, -0.15) is 4.31 Å². The van der Waals surface area contributed by atoms with Crippen molar-refractivity contribution < 1.29 is 27.1 Å². The van der Waals surface area contributed by atoms with Crippen LogP contribution in [0, 0.1) is 0 Å². The van der Waals surface area contributed by atoms with Gasteiger partial charge in [0, 0.05) is 6.54 Å². The van der Waals surface area contributed by atoms with E-state index in [0.717, 1.165) is 16.0 Å². The summed E-state index contributed by atoms with van der Waals surface area (Å²) in [4.78, 5) is 20.3. The minimum Gasteiger partial charge on any atom is -0.497 e. The van der Waals surface area contributed by atoms with Gasteiger partial charge in [0.2, 0.25) is 15.9 Å². The van der Waals surface area contributed by atoms with E-state index in [1.807, 2.05) is 25.1 Å². The van der Waals surface area contributed by atoms with E-state index in [2.05, 4.69) is 0 Å². The standard InChI is InChI=1S/C26H27N3O6S2/c1-3-34-19-10-13-22-24(16-19)36-26(27-22)28(17-20-6-5-15-35-20)25(30)23-7-4-14-29(23)37(31,32)21-11-8-18(33-2)9-12-21/h5-6,8-13,15-16,23H,3-4,7,14,17H2,1-2H3. The van der Waals surface area contributed by atoms with Gasteiger partial charge in [0.1, 0.15) is 23.3 Å². The first kappa shape index (κ1) is 25.2. The lowest BCUT2D eigenvalue weighted by Gasteiger charge is -2.28. The topological polar surface area (TPSA) is 102 Å². The quantitative estimate of drug-likeness (QED) is 0.303. The third kappa shape index (κ3) is 5.07. The Kier molecular flexibility index (Phi) is 7.18. The maximum Gasteiger partial charge on any atom is 0.247 e. The molecule has 4 aromatic rings. The van der Waals surface area contributed by atoms with Gasteiger partial charge in [0.15, 0.2) is 5.13 Å². The van der Waals surface area contributed by atoms with Crippen LogP contribution < -0.4 is 14.4 Å². The second-order valence-electron chi connectivity index (χ2n) is 8.51. The van der Waals surface area contributed by atoms with E-state index in [9.17, 15) is 13.2 Å². The number of amides is 1. The van der Waals surface area contributed by atoms with E-state index in [4.69, 9.17) is 18.9 Å². The highest BCUT2D eigenvalue weighted by Gasteiger charge is 2.42. The number of thiazole rings is 1. The largest absolute Gasteiger partial charge is 0.497 e. The van der Waals surface area contributed by atoms with Gasteiger partial charge in [-0.25, -0.2) is 13.4 Å². The van der Waals surface area contributed by atoms with Crippen molar-refractivity contribution in [3.8, 4) is 11.5 Å². The van der Waals surface area contributed by atoms with Crippen LogP contribution in [0.3, 0.4) is 0 Å². The van der Waals surface area contributed by atoms with Gasteiger partial charge in [-0.1, -0.05) is 11.3 Å². The van der Waals surface area contributed by atoms with Gasteiger partial charge in [-0.15, -0.1) is 0 Å². The van der Waals surface area contributed by atoms with Crippen molar-refractivity contribution in [1.82, 2.24) is 9.29 Å². The van der Waals surface area contributed by atoms with Crippen molar-refractivity contribution in [3.63, 3.8) is 0 Å². The first-order chi connectivity index (χ1) is 17.9. The number of sulfonamides is 1. The predicted octanol–water partition coefficient (Wildman–Crippen LogP) is 4.68. The van der Waals surface area contributed by atoms with Crippen LogP contribution in [0.5, 0.6) is 11.5 Å². The lowest BCUT2D eigenvalue weighted by atomic mass is 10.2.